The summed E-state index contributed by atoms with van der Waals surface area (Å²) < 4.78 is 2.08. The first-order chi connectivity index (χ1) is 6.64. The van der Waals surface area contributed by atoms with Gasteiger partial charge in [0.15, 0.2) is 0 Å². The van der Waals surface area contributed by atoms with Gasteiger partial charge in [0.25, 0.3) is 0 Å². The highest BCUT2D eigenvalue weighted by Gasteiger charge is 2.46. The van der Waals surface area contributed by atoms with E-state index < -0.39 is 0 Å². The van der Waals surface area contributed by atoms with Gasteiger partial charge in [-0.05, 0) is 33.6 Å². The molecule has 0 aliphatic heterocycles. The van der Waals surface area contributed by atoms with Gasteiger partial charge < -0.3 is 5.73 Å². The van der Waals surface area contributed by atoms with Crippen LogP contribution < -0.4 is 5.73 Å². The van der Waals surface area contributed by atoms with E-state index in [4.69, 9.17) is 5.73 Å². The fraction of sp³-hybridized carbons (Fsp3) is 0.727. The van der Waals surface area contributed by atoms with E-state index in [1.807, 2.05) is 0 Å². The molecule has 0 unspecified atom stereocenters. The third kappa shape index (κ3) is 1.19. The van der Waals surface area contributed by atoms with Crippen molar-refractivity contribution < 1.29 is 0 Å². The first kappa shape index (κ1) is 9.71. The van der Waals surface area contributed by atoms with Crippen molar-refractivity contribution in [1.29, 1.82) is 0 Å². The Bertz CT molecular complexity index is 348. The van der Waals surface area contributed by atoms with Gasteiger partial charge in [-0.25, -0.2) is 0 Å². The van der Waals surface area contributed by atoms with E-state index in [1.54, 1.807) is 0 Å². The summed E-state index contributed by atoms with van der Waals surface area (Å²) >= 11 is 0. The maximum absolute atomic E-state index is 5.85. The molecule has 0 spiro atoms. The lowest BCUT2D eigenvalue weighted by atomic mass is 9.94. The highest BCUT2D eigenvalue weighted by Crippen LogP contribution is 2.49. The van der Waals surface area contributed by atoms with Gasteiger partial charge in [0, 0.05) is 29.8 Å². The van der Waals surface area contributed by atoms with Crippen LogP contribution in [0.2, 0.25) is 0 Å². The molecule has 1 saturated carbocycles. The Hall–Kier alpha value is -0.830. The molecule has 1 fully saturated rings. The van der Waals surface area contributed by atoms with Crippen LogP contribution in [0, 0.1) is 13.8 Å². The summed E-state index contributed by atoms with van der Waals surface area (Å²) in [5, 5.41) is 4.54. The van der Waals surface area contributed by atoms with Gasteiger partial charge >= 0.3 is 0 Å². The molecule has 0 saturated heterocycles. The zero-order valence-electron chi connectivity index (χ0n) is 9.30. The van der Waals surface area contributed by atoms with Gasteiger partial charge in [-0.2, -0.15) is 5.10 Å². The van der Waals surface area contributed by atoms with E-state index in [1.165, 1.54) is 29.8 Å². The molecule has 0 aromatic carbocycles. The molecule has 1 heterocycles. The van der Waals surface area contributed by atoms with Crippen molar-refractivity contribution in [3.8, 4) is 0 Å². The second-order valence-electron chi connectivity index (χ2n) is 4.35. The van der Waals surface area contributed by atoms with Crippen molar-refractivity contribution in [2.45, 2.75) is 45.6 Å². The Morgan fingerprint density at radius 2 is 2.07 bits per heavy atom. The van der Waals surface area contributed by atoms with Gasteiger partial charge in [0.1, 0.15) is 0 Å². The van der Waals surface area contributed by atoms with E-state index in [0.717, 1.165) is 13.1 Å². The SMILES string of the molecule is CCn1nc(C)c(C2(CN)CC2)c1C. The smallest absolute Gasteiger partial charge is 0.0634 e. The molecule has 1 aromatic rings. The van der Waals surface area contributed by atoms with Gasteiger partial charge in [-0.15, -0.1) is 0 Å². The zero-order valence-corrected chi connectivity index (χ0v) is 9.30. The fourth-order valence-corrected chi connectivity index (χ4v) is 2.48. The summed E-state index contributed by atoms with van der Waals surface area (Å²) in [5.41, 5.74) is 10.0. The molecule has 1 aromatic heterocycles. The van der Waals surface area contributed by atoms with Gasteiger partial charge in [0.2, 0.25) is 0 Å². The number of hydrogen-bond donors (Lipinski definition) is 1. The fourth-order valence-electron chi connectivity index (χ4n) is 2.48. The Morgan fingerprint density at radius 1 is 1.43 bits per heavy atom. The number of aryl methyl sites for hydroxylation is 2. The van der Waals surface area contributed by atoms with Crippen LogP contribution >= 0.6 is 0 Å². The second kappa shape index (κ2) is 3.09. The molecule has 14 heavy (non-hydrogen) atoms. The molecular weight excluding hydrogens is 174 g/mol. The van der Waals surface area contributed by atoms with Crippen LogP contribution in [0.4, 0.5) is 0 Å². The minimum absolute atomic E-state index is 0.279. The number of aromatic nitrogens is 2. The highest BCUT2D eigenvalue weighted by molar-refractivity contribution is 5.38. The van der Waals surface area contributed by atoms with Crippen molar-refractivity contribution in [2.75, 3.05) is 6.54 Å². The van der Waals surface area contributed by atoms with Crippen LogP contribution in [0.25, 0.3) is 0 Å². The van der Waals surface area contributed by atoms with E-state index in [2.05, 4.69) is 30.6 Å². The summed E-state index contributed by atoms with van der Waals surface area (Å²) in [7, 11) is 0. The molecule has 2 rings (SSSR count). The van der Waals surface area contributed by atoms with Crippen LogP contribution in [0.15, 0.2) is 0 Å². The quantitative estimate of drug-likeness (QED) is 0.790. The van der Waals surface area contributed by atoms with E-state index in [9.17, 15) is 0 Å². The number of nitrogens with two attached hydrogens (primary N) is 1. The standard InChI is InChI=1S/C11H19N3/c1-4-14-9(3)10(8(2)13-14)11(7-12)5-6-11/h4-7,12H2,1-3H3. The third-order valence-electron chi connectivity index (χ3n) is 3.46. The monoisotopic (exact) mass is 193 g/mol. The summed E-state index contributed by atoms with van der Waals surface area (Å²) in [5.74, 6) is 0. The maximum Gasteiger partial charge on any atom is 0.0634 e. The number of nitrogens with zero attached hydrogens (tertiary/aromatic N) is 2. The van der Waals surface area contributed by atoms with Crippen LogP contribution in [-0.4, -0.2) is 16.3 Å². The lowest BCUT2D eigenvalue weighted by Gasteiger charge is -2.13. The Balaban J connectivity index is 2.47. The molecule has 1 aliphatic rings. The lowest BCUT2D eigenvalue weighted by Crippen LogP contribution is -2.21. The average Bonchev–Trinajstić information content (AvgIpc) is 2.90. The van der Waals surface area contributed by atoms with Crippen LogP contribution in [0.1, 0.15) is 36.7 Å². The molecular formula is C11H19N3. The molecule has 3 nitrogen and oxygen atoms in total. The second-order valence-corrected chi connectivity index (χ2v) is 4.35. The van der Waals surface area contributed by atoms with Crippen LogP contribution in [-0.2, 0) is 12.0 Å². The summed E-state index contributed by atoms with van der Waals surface area (Å²) in [6, 6.07) is 0. The minimum Gasteiger partial charge on any atom is -0.330 e. The summed E-state index contributed by atoms with van der Waals surface area (Å²) in [6.07, 6.45) is 2.47. The normalized spacial score (nSPS) is 18.6. The first-order valence-electron chi connectivity index (χ1n) is 5.39. The maximum atomic E-state index is 5.85. The predicted octanol–water partition coefficient (Wildman–Crippen LogP) is 1.51. The van der Waals surface area contributed by atoms with E-state index in [-0.39, 0.29) is 5.41 Å². The van der Waals surface area contributed by atoms with Crippen molar-refractivity contribution in [2.24, 2.45) is 5.73 Å². The Kier molecular flexibility index (Phi) is 2.14. The van der Waals surface area contributed by atoms with Gasteiger partial charge in [-0.3, -0.25) is 4.68 Å². The average molecular weight is 193 g/mol. The minimum atomic E-state index is 0.279. The molecule has 0 radical (unpaired) electrons. The molecule has 3 heteroatoms. The summed E-state index contributed by atoms with van der Waals surface area (Å²) in [4.78, 5) is 0. The van der Waals surface area contributed by atoms with E-state index in [0.29, 0.717) is 0 Å². The van der Waals surface area contributed by atoms with Crippen molar-refractivity contribution >= 4 is 0 Å². The lowest BCUT2D eigenvalue weighted by molar-refractivity contribution is 0.628. The third-order valence-corrected chi connectivity index (χ3v) is 3.46. The van der Waals surface area contributed by atoms with Crippen molar-refractivity contribution in [3.63, 3.8) is 0 Å². The molecule has 0 amide bonds. The zero-order chi connectivity index (χ0) is 10.3. The van der Waals surface area contributed by atoms with Crippen molar-refractivity contribution in [1.82, 2.24) is 9.78 Å². The van der Waals surface area contributed by atoms with Crippen LogP contribution in [0.5, 0.6) is 0 Å². The van der Waals surface area contributed by atoms with Gasteiger partial charge in [0.05, 0.1) is 5.69 Å². The molecule has 2 N–H and O–H groups in total. The van der Waals surface area contributed by atoms with Crippen molar-refractivity contribution in [3.05, 3.63) is 17.0 Å². The summed E-state index contributed by atoms with van der Waals surface area (Å²) in [6.45, 7) is 8.11. The highest BCUT2D eigenvalue weighted by atomic mass is 15.3. The topological polar surface area (TPSA) is 43.8 Å². The number of rotatable bonds is 3. The van der Waals surface area contributed by atoms with E-state index >= 15 is 0 Å². The van der Waals surface area contributed by atoms with Crippen LogP contribution in [0.3, 0.4) is 0 Å². The predicted molar refractivity (Wildman–Crippen MR) is 57.3 cm³/mol. The molecule has 0 bridgehead atoms. The molecule has 0 atom stereocenters. The Morgan fingerprint density at radius 3 is 2.43 bits per heavy atom. The Labute approximate surface area is 85.3 Å². The number of hydrogen-bond acceptors (Lipinski definition) is 2. The van der Waals surface area contributed by atoms with Gasteiger partial charge in [-0.1, -0.05) is 0 Å². The first-order valence-corrected chi connectivity index (χ1v) is 5.39. The molecule has 1 aliphatic carbocycles. The largest absolute Gasteiger partial charge is 0.330 e. The molecule has 78 valence electrons.